The van der Waals surface area contributed by atoms with Gasteiger partial charge < -0.3 is 34.8 Å². The average Bonchev–Trinajstić information content (AvgIpc) is 3.61. The summed E-state index contributed by atoms with van der Waals surface area (Å²) < 4.78 is 18.5. The fourth-order valence-corrected chi connectivity index (χ4v) is 13.0. The van der Waals surface area contributed by atoms with Gasteiger partial charge in [0.15, 0.2) is 0 Å². The van der Waals surface area contributed by atoms with Gasteiger partial charge in [0, 0.05) is 24.0 Å². The van der Waals surface area contributed by atoms with Crippen LogP contribution in [0.15, 0.2) is 24.3 Å². The maximum Gasteiger partial charge on any atom is 0.408 e. The molecule has 1 unspecified atom stereocenters. The fraction of sp³-hybridized carbons (Fsp3) is 0.703. The first-order chi connectivity index (χ1) is 22.2. The number of aromatic amines is 1. The molecule has 0 saturated heterocycles. The lowest BCUT2D eigenvalue weighted by Crippen LogP contribution is -2.60. The van der Waals surface area contributed by atoms with Crippen LogP contribution in [0.3, 0.4) is 0 Å². The molecule has 1 aliphatic carbocycles. The predicted molar refractivity (Wildman–Crippen MR) is 195 cm³/mol. The molecule has 1 fully saturated rings. The Balaban J connectivity index is 2.02. The zero-order valence-electron chi connectivity index (χ0n) is 31.5. The maximum absolute atomic E-state index is 14.1. The summed E-state index contributed by atoms with van der Waals surface area (Å²) in [5.74, 6) is 0.0597. The molecular weight excluding hydrogens is 625 g/mol. The van der Waals surface area contributed by atoms with Gasteiger partial charge in [0.1, 0.15) is 16.9 Å². The third-order valence-corrected chi connectivity index (χ3v) is 15.4. The number of ether oxygens (including phenoxy) is 2. The van der Waals surface area contributed by atoms with E-state index in [-0.39, 0.29) is 35.6 Å². The standard InChI is InChI=1S/C37H62N4O6Si/c1-23(2)48(24(3)4,25(5)6)47-30(22-39-34(43)45-36(7,8)9)29(41-35(44)46-37(10,11)12)21-38-33(42)32-31(26-17-13-14-18-26)27-19-15-16-20-28(27)40-32/h15-16,19-20,23-26,29-30,40H,13-14,17-18,21-22H2,1-12H3,(H,38,42)(H,39,43)(H,41,44)/t29-,30?/m1/s1. The minimum atomic E-state index is -2.54. The van der Waals surface area contributed by atoms with Gasteiger partial charge in [0.25, 0.3) is 5.91 Å². The Bertz CT molecular complexity index is 1360. The van der Waals surface area contributed by atoms with Crippen molar-refractivity contribution in [2.75, 3.05) is 13.1 Å². The minimum absolute atomic E-state index is 0.0526. The Labute approximate surface area is 289 Å². The first-order valence-corrected chi connectivity index (χ1v) is 19.9. The van der Waals surface area contributed by atoms with Crippen LogP contribution in [0.2, 0.25) is 16.6 Å². The largest absolute Gasteiger partial charge is 0.444 e. The maximum atomic E-state index is 14.1. The number of nitrogens with one attached hydrogen (secondary N) is 4. The van der Waals surface area contributed by atoms with E-state index in [0.717, 1.165) is 42.1 Å². The minimum Gasteiger partial charge on any atom is -0.444 e. The Kier molecular flexibility index (Phi) is 13.2. The van der Waals surface area contributed by atoms with E-state index in [4.69, 9.17) is 13.9 Å². The second-order valence-corrected chi connectivity index (χ2v) is 21.7. The Morgan fingerprint density at radius 2 is 1.35 bits per heavy atom. The van der Waals surface area contributed by atoms with Crippen molar-refractivity contribution >= 4 is 37.3 Å². The van der Waals surface area contributed by atoms with Crippen molar-refractivity contribution in [3.63, 3.8) is 0 Å². The van der Waals surface area contributed by atoms with E-state index >= 15 is 0 Å². The van der Waals surface area contributed by atoms with Crippen LogP contribution in [-0.4, -0.2) is 67.8 Å². The number of fused-ring (bicyclic) bond motifs is 1. The number of hydrogen-bond donors (Lipinski definition) is 4. The van der Waals surface area contributed by atoms with Crippen molar-refractivity contribution in [1.82, 2.24) is 20.9 Å². The van der Waals surface area contributed by atoms with E-state index in [1.807, 2.05) is 18.2 Å². The molecule has 2 aromatic rings. The van der Waals surface area contributed by atoms with Gasteiger partial charge in [0.05, 0.1) is 12.1 Å². The summed E-state index contributed by atoms with van der Waals surface area (Å²) in [4.78, 5) is 43.7. The molecule has 0 aliphatic heterocycles. The number of alkyl carbamates (subject to hydrolysis) is 2. The number of aromatic nitrogens is 1. The number of hydrogen-bond acceptors (Lipinski definition) is 6. The summed E-state index contributed by atoms with van der Waals surface area (Å²) in [5.41, 5.74) is 1.82. The summed E-state index contributed by atoms with van der Waals surface area (Å²) in [6.07, 6.45) is 2.47. The first kappa shape index (κ1) is 39.4. The Hall–Kier alpha value is -3.05. The molecule has 270 valence electrons. The highest BCUT2D eigenvalue weighted by Gasteiger charge is 2.48. The number of para-hydroxylation sites is 1. The number of carbonyl (C=O) groups is 3. The van der Waals surface area contributed by atoms with Crippen LogP contribution in [-0.2, 0) is 13.9 Å². The normalized spacial score (nSPS) is 16.0. The SMILES string of the molecule is CC(C)[Si](OC(CNC(=O)OC(C)(C)C)[C@@H](CNC(=O)c1[nH]c2ccccc2c1C1CCCC1)NC(=O)OC(C)(C)C)(C(C)C)C(C)C. The van der Waals surface area contributed by atoms with Crippen LogP contribution in [0.1, 0.15) is 131 Å². The van der Waals surface area contributed by atoms with Crippen molar-refractivity contribution in [2.24, 2.45) is 0 Å². The van der Waals surface area contributed by atoms with Crippen LogP contribution >= 0.6 is 0 Å². The van der Waals surface area contributed by atoms with Gasteiger partial charge in [-0.3, -0.25) is 4.79 Å². The van der Waals surface area contributed by atoms with Gasteiger partial charge >= 0.3 is 12.2 Å². The van der Waals surface area contributed by atoms with Crippen molar-refractivity contribution < 1.29 is 28.3 Å². The molecular formula is C37H62N4O6Si. The zero-order chi connectivity index (χ0) is 36.0. The van der Waals surface area contributed by atoms with Crippen molar-refractivity contribution in [3.8, 4) is 0 Å². The van der Waals surface area contributed by atoms with Gasteiger partial charge in [0.2, 0.25) is 8.32 Å². The van der Waals surface area contributed by atoms with Crippen molar-refractivity contribution in [1.29, 1.82) is 0 Å². The number of carbonyl (C=O) groups excluding carboxylic acids is 3. The molecule has 0 spiro atoms. The van der Waals surface area contributed by atoms with Crippen LogP contribution in [0, 0.1) is 0 Å². The van der Waals surface area contributed by atoms with E-state index in [1.54, 1.807) is 41.5 Å². The summed E-state index contributed by atoms with van der Waals surface area (Å²) in [6.45, 7) is 24.0. The quantitative estimate of drug-likeness (QED) is 0.156. The molecule has 1 saturated carbocycles. The lowest BCUT2D eigenvalue weighted by Gasteiger charge is -2.46. The number of rotatable bonds is 13. The van der Waals surface area contributed by atoms with Crippen LogP contribution in [0.25, 0.3) is 10.9 Å². The molecule has 1 aromatic heterocycles. The molecule has 3 rings (SSSR count). The molecule has 0 radical (unpaired) electrons. The Morgan fingerprint density at radius 3 is 1.90 bits per heavy atom. The Morgan fingerprint density at radius 1 is 0.812 bits per heavy atom. The second kappa shape index (κ2) is 16.1. The molecule has 1 heterocycles. The third-order valence-electron chi connectivity index (χ3n) is 9.28. The topological polar surface area (TPSA) is 131 Å². The highest BCUT2D eigenvalue weighted by molar-refractivity contribution is 6.77. The zero-order valence-corrected chi connectivity index (χ0v) is 32.5. The molecule has 4 N–H and O–H groups in total. The van der Waals surface area contributed by atoms with E-state index in [0.29, 0.717) is 11.6 Å². The van der Waals surface area contributed by atoms with Gasteiger partial charge in [-0.1, -0.05) is 72.6 Å². The number of benzene rings is 1. The van der Waals surface area contributed by atoms with E-state index in [2.05, 4.69) is 68.5 Å². The fourth-order valence-electron chi connectivity index (χ4n) is 7.44. The predicted octanol–water partition coefficient (Wildman–Crippen LogP) is 8.53. The van der Waals surface area contributed by atoms with Crippen molar-refractivity contribution in [3.05, 3.63) is 35.5 Å². The second-order valence-electron chi connectivity index (χ2n) is 16.3. The molecule has 0 bridgehead atoms. The van der Waals surface area contributed by atoms with Gasteiger partial charge in [-0.25, -0.2) is 9.59 Å². The summed E-state index contributed by atoms with van der Waals surface area (Å²) in [5, 5.41) is 10.1. The first-order valence-electron chi connectivity index (χ1n) is 17.8. The van der Waals surface area contributed by atoms with E-state index < -0.39 is 43.9 Å². The average molecular weight is 687 g/mol. The molecule has 10 nitrogen and oxygen atoms in total. The highest BCUT2D eigenvalue weighted by atomic mass is 28.4. The lowest BCUT2D eigenvalue weighted by atomic mass is 9.94. The van der Waals surface area contributed by atoms with Crippen LogP contribution in [0.5, 0.6) is 0 Å². The molecule has 2 atom stereocenters. The molecule has 48 heavy (non-hydrogen) atoms. The van der Waals surface area contributed by atoms with Gasteiger partial charge in [-0.15, -0.1) is 0 Å². The number of amides is 3. The molecule has 11 heteroatoms. The molecule has 1 aliphatic rings. The van der Waals surface area contributed by atoms with E-state index in [1.165, 1.54) is 0 Å². The van der Waals surface area contributed by atoms with Crippen LogP contribution in [0.4, 0.5) is 9.59 Å². The molecule has 3 amide bonds. The molecule has 1 aromatic carbocycles. The third kappa shape index (κ3) is 10.2. The van der Waals surface area contributed by atoms with E-state index in [9.17, 15) is 14.4 Å². The summed E-state index contributed by atoms with van der Waals surface area (Å²) >= 11 is 0. The smallest absolute Gasteiger partial charge is 0.408 e. The monoisotopic (exact) mass is 686 g/mol. The van der Waals surface area contributed by atoms with Gasteiger partial charge in [-0.05, 0) is 88.6 Å². The van der Waals surface area contributed by atoms with Crippen molar-refractivity contribution in [2.45, 2.75) is 155 Å². The van der Waals surface area contributed by atoms with Crippen LogP contribution < -0.4 is 16.0 Å². The number of H-pyrrole nitrogens is 1. The summed E-state index contributed by atoms with van der Waals surface area (Å²) in [7, 11) is -2.54. The van der Waals surface area contributed by atoms with Gasteiger partial charge in [-0.2, -0.15) is 0 Å². The lowest BCUT2D eigenvalue weighted by molar-refractivity contribution is 0.0394. The summed E-state index contributed by atoms with van der Waals surface area (Å²) in [6, 6.07) is 7.31. The highest BCUT2D eigenvalue weighted by Crippen LogP contribution is 2.43.